The fourth-order valence-electron chi connectivity index (χ4n) is 1.30. The highest BCUT2D eigenvalue weighted by Crippen LogP contribution is 2.04. The van der Waals surface area contributed by atoms with Crippen LogP contribution in [0, 0.1) is 0 Å². The van der Waals surface area contributed by atoms with E-state index in [0.717, 1.165) is 0 Å². The normalized spacial score (nSPS) is 11.7. The van der Waals surface area contributed by atoms with Crippen LogP contribution in [-0.2, 0) is 4.79 Å². The lowest BCUT2D eigenvalue weighted by atomic mass is 10.3. The van der Waals surface area contributed by atoms with E-state index in [1.54, 1.807) is 18.9 Å². The second-order valence-corrected chi connectivity index (χ2v) is 4.31. The van der Waals surface area contributed by atoms with Gasteiger partial charge in [-0.15, -0.1) is 0 Å². The van der Waals surface area contributed by atoms with Gasteiger partial charge in [0.15, 0.2) is 0 Å². The zero-order chi connectivity index (χ0) is 13.7. The molecule has 7 heteroatoms. The molecule has 0 saturated heterocycles. The number of carbonyl (C=O) groups is 1. The number of hydrogen-bond acceptors (Lipinski definition) is 5. The van der Waals surface area contributed by atoms with E-state index in [2.05, 4.69) is 15.3 Å². The predicted molar refractivity (Wildman–Crippen MR) is 74.3 cm³/mol. The van der Waals surface area contributed by atoms with Crippen molar-refractivity contribution in [2.24, 2.45) is 5.73 Å². The number of thiocarbonyl (C=S) groups is 1. The molecular weight excluding hydrogens is 250 g/mol. The van der Waals surface area contributed by atoms with Crippen LogP contribution in [0.5, 0.6) is 0 Å². The Morgan fingerprint density at radius 3 is 2.67 bits per heavy atom. The van der Waals surface area contributed by atoms with Crippen LogP contribution in [0.25, 0.3) is 0 Å². The van der Waals surface area contributed by atoms with E-state index in [4.69, 9.17) is 18.0 Å². The molecule has 0 saturated carbocycles. The van der Waals surface area contributed by atoms with Crippen LogP contribution in [0.2, 0.25) is 0 Å². The lowest BCUT2D eigenvalue weighted by molar-refractivity contribution is -0.130. The molecule has 1 rings (SSSR count). The number of aromatic nitrogens is 2. The maximum Gasteiger partial charge on any atom is 0.244 e. The van der Waals surface area contributed by atoms with Crippen molar-refractivity contribution < 1.29 is 4.79 Å². The number of nitrogens with one attached hydrogen (secondary N) is 1. The van der Waals surface area contributed by atoms with Crippen LogP contribution in [0.3, 0.4) is 0 Å². The molecule has 3 N–H and O–H groups in total. The third-order valence-electron chi connectivity index (χ3n) is 2.49. The predicted octanol–water partition coefficient (Wildman–Crippen LogP) is 0.389. The first kappa shape index (κ1) is 14.3. The monoisotopic (exact) mass is 267 g/mol. The third kappa shape index (κ3) is 3.63. The molecular formula is C11H17N5OS. The molecule has 1 unspecified atom stereocenters. The summed E-state index contributed by atoms with van der Waals surface area (Å²) in [4.78, 5) is 21.8. The first-order valence-electron chi connectivity index (χ1n) is 5.59. The molecule has 0 aliphatic rings. The van der Waals surface area contributed by atoms with E-state index < -0.39 is 0 Å². The van der Waals surface area contributed by atoms with Crippen molar-refractivity contribution in [3.05, 3.63) is 18.1 Å². The molecule has 1 heterocycles. The Labute approximate surface area is 112 Å². The van der Waals surface area contributed by atoms with E-state index in [1.807, 2.05) is 6.92 Å². The van der Waals surface area contributed by atoms with Crippen molar-refractivity contribution in [2.45, 2.75) is 19.9 Å². The van der Waals surface area contributed by atoms with Gasteiger partial charge in [-0.2, -0.15) is 0 Å². The number of likely N-dealkylation sites (N-methyl/N-ethyl adjacent to an activating group) is 1. The van der Waals surface area contributed by atoms with Crippen LogP contribution in [0.4, 0.5) is 5.82 Å². The van der Waals surface area contributed by atoms with Gasteiger partial charge >= 0.3 is 0 Å². The number of rotatable bonds is 5. The van der Waals surface area contributed by atoms with E-state index in [1.165, 1.54) is 12.4 Å². The maximum atomic E-state index is 11.8. The van der Waals surface area contributed by atoms with Gasteiger partial charge in [-0.3, -0.25) is 4.79 Å². The summed E-state index contributed by atoms with van der Waals surface area (Å²) in [5.74, 6) is 0.512. The molecule has 1 atom stereocenters. The van der Waals surface area contributed by atoms with Crippen LogP contribution in [-0.4, -0.2) is 45.4 Å². The van der Waals surface area contributed by atoms with Gasteiger partial charge in [-0.1, -0.05) is 12.2 Å². The molecule has 0 aromatic carbocycles. The highest BCUT2D eigenvalue weighted by atomic mass is 32.1. The van der Waals surface area contributed by atoms with Gasteiger partial charge in [0.25, 0.3) is 0 Å². The number of amides is 1. The number of carbonyl (C=O) groups excluding carboxylic acids is 1. The second kappa shape index (κ2) is 6.25. The molecule has 6 nitrogen and oxygen atoms in total. The highest BCUT2D eigenvalue weighted by Gasteiger charge is 2.16. The van der Waals surface area contributed by atoms with Gasteiger partial charge in [0.1, 0.15) is 22.5 Å². The quantitative estimate of drug-likeness (QED) is 0.751. The fraction of sp³-hybridized carbons (Fsp3) is 0.455. The van der Waals surface area contributed by atoms with E-state index in [0.29, 0.717) is 18.1 Å². The van der Waals surface area contributed by atoms with Crippen LogP contribution in [0.1, 0.15) is 19.5 Å². The smallest absolute Gasteiger partial charge is 0.244 e. The Morgan fingerprint density at radius 2 is 2.22 bits per heavy atom. The minimum atomic E-state index is -0.361. The van der Waals surface area contributed by atoms with Crippen LogP contribution >= 0.6 is 12.2 Å². The Hall–Kier alpha value is -1.76. The standard InChI is InChI=1S/C11H17N5OS/c1-4-16(3)11(17)7(2)15-9-6-13-8(5-14-9)10(12)18/h5-7H,4H2,1-3H3,(H2,12,18)(H,14,15). The number of nitrogens with two attached hydrogens (primary N) is 1. The van der Waals surface area contributed by atoms with Crippen LogP contribution in [0.15, 0.2) is 12.4 Å². The largest absolute Gasteiger partial charge is 0.388 e. The minimum Gasteiger partial charge on any atom is -0.388 e. The molecule has 18 heavy (non-hydrogen) atoms. The minimum absolute atomic E-state index is 0.00211. The zero-order valence-electron chi connectivity index (χ0n) is 10.7. The number of hydrogen-bond donors (Lipinski definition) is 2. The first-order chi connectivity index (χ1) is 8.45. The molecule has 0 radical (unpaired) electrons. The second-order valence-electron chi connectivity index (χ2n) is 3.87. The number of anilines is 1. The summed E-state index contributed by atoms with van der Waals surface area (Å²) in [5.41, 5.74) is 5.88. The Morgan fingerprint density at radius 1 is 1.56 bits per heavy atom. The summed E-state index contributed by atoms with van der Waals surface area (Å²) in [6.45, 7) is 4.36. The third-order valence-corrected chi connectivity index (χ3v) is 2.70. The summed E-state index contributed by atoms with van der Waals surface area (Å²) in [6, 6.07) is -0.361. The van der Waals surface area contributed by atoms with Gasteiger partial charge < -0.3 is 16.0 Å². The molecule has 1 aromatic heterocycles. The average Bonchev–Trinajstić information content (AvgIpc) is 2.37. The Balaban J connectivity index is 2.67. The Bertz CT molecular complexity index is 434. The summed E-state index contributed by atoms with van der Waals surface area (Å²) in [5, 5.41) is 2.97. The summed E-state index contributed by atoms with van der Waals surface area (Å²) >= 11 is 4.78. The zero-order valence-corrected chi connectivity index (χ0v) is 11.5. The van der Waals surface area contributed by atoms with Crippen molar-refractivity contribution in [3.8, 4) is 0 Å². The molecule has 0 aliphatic carbocycles. The summed E-state index contributed by atoms with van der Waals surface area (Å²) < 4.78 is 0. The first-order valence-corrected chi connectivity index (χ1v) is 5.99. The van der Waals surface area contributed by atoms with Crippen molar-refractivity contribution in [2.75, 3.05) is 18.9 Å². The topological polar surface area (TPSA) is 84.1 Å². The average molecular weight is 267 g/mol. The van der Waals surface area contributed by atoms with Gasteiger partial charge in [-0.05, 0) is 13.8 Å². The van der Waals surface area contributed by atoms with E-state index >= 15 is 0 Å². The van der Waals surface area contributed by atoms with Gasteiger partial charge in [0.05, 0.1) is 12.4 Å². The fourth-order valence-corrected chi connectivity index (χ4v) is 1.41. The summed E-state index contributed by atoms with van der Waals surface area (Å²) in [6.07, 6.45) is 2.98. The SMILES string of the molecule is CCN(C)C(=O)C(C)Nc1cnc(C(N)=S)cn1. The van der Waals surface area contributed by atoms with Crippen molar-refractivity contribution in [3.63, 3.8) is 0 Å². The van der Waals surface area contributed by atoms with E-state index in [9.17, 15) is 4.79 Å². The van der Waals surface area contributed by atoms with Crippen LogP contribution < -0.4 is 11.1 Å². The molecule has 0 fully saturated rings. The molecule has 1 aromatic rings. The molecule has 0 spiro atoms. The molecule has 1 amide bonds. The van der Waals surface area contributed by atoms with Gasteiger partial charge in [0, 0.05) is 13.6 Å². The van der Waals surface area contributed by atoms with Gasteiger partial charge in [-0.25, -0.2) is 9.97 Å². The molecule has 0 bridgehead atoms. The van der Waals surface area contributed by atoms with Crippen molar-refractivity contribution in [1.82, 2.24) is 14.9 Å². The van der Waals surface area contributed by atoms with Gasteiger partial charge in [0.2, 0.25) is 5.91 Å². The lowest BCUT2D eigenvalue weighted by Crippen LogP contribution is -2.39. The molecule has 98 valence electrons. The number of nitrogens with zero attached hydrogens (tertiary/aromatic N) is 3. The lowest BCUT2D eigenvalue weighted by Gasteiger charge is -2.20. The van der Waals surface area contributed by atoms with E-state index in [-0.39, 0.29) is 16.9 Å². The highest BCUT2D eigenvalue weighted by molar-refractivity contribution is 7.80. The molecule has 0 aliphatic heterocycles. The summed E-state index contributed by atoms with van der Waals surface area (Å²) in [7, 11) is 1.75. The van der Waals surface area contributed by atoms with Crippen molar-refractivity contribution in [1.29, 1.82) is 0 Å². The Kier molecular flexibility index (Phi) is 4.96. The maximum absolute atomic E-state index is 11.8. The van der Waals surface area contributed by atoms with Crippen molar-refractivity contribution >= 4 is 28.9 Å².